The van der Waals surface area contributed by atoms with E-state index in [4.69, 9.17) is 0 Å². The van der Waals surface area contributed by atoms with Crippen molar-refractivity contribution in [1.29, 1.82) is 0 Å². The lowest BCUT2D eigenvalue weighted by atomic mass is 10.1. The number of carbonyl (C=O) groups is 1. The van der Waals surface area contributed by atoms with Crippen LogP contribution in [0.5, 0.6) is 0 Å². The van der Waals surface area contributed by atoms with Crippen LogP contribution in [0.1, 0.15) is 33.6 Å². The minimum Gasteiger partial charge on any atom is -0.341 e. The zero-order valence-electron chi connectivity index (χ0n) is 9.55. The summed E-state index contributed by atoms with van der Waals surface area (Å²) in [5, 5.41) is 3.39. The Morgan fingerprint density at radius 1 is 1.50 bits per heavy atom. The van der Waals surface area contributed by atoms with E-state index in [0.29, 0.717) is 24.3 Å². The Kier molecular flexibility index (Phi) is 4.39. The second-order valence-electron chi connectivity index (χ2n) is 4.62. The number of hydrogen-bond acceptors (Lipinski definition) is 2. The van der Waals surface area contributed by atoms with Crippen molar-refractivity contribution in [2.45, 2.75) is 39.7 Å². The third-order valence-corrected chi connectivity index (χ3v) is 2.64. The first-order chi connectivity index (χ1) is 6.59. The van der Waals surface area contributed by atoms with Crippen LogP contribution in [0.25, 0.3) is 0 Å². The van der Waals surface area contributed by atoms with Gasteiger partial charge in [-0.15, -0.1) is 0 Å². The van der Waals surface area contributed by atoms with Crippen LogP contribution >= 0.6 is 0 Å². The lowest BCUT2D eigenvalue weighted by Gasteiger charge is -2.20. The largest absolute Gasteiger partial charge is 0.341 e. The topological polar surface area (TPSA) is 32.3 Å². The quantitative estimate of drug-likeness (QED) is 0.724. The highest BCUT2D eigenvalue weighted by Crippen LogP contribution is 2.07. The molecule has 1 amide bonds. The number of hydrogen-bond donors (Lipinski definition) is 1. The first-order valence-electron chi connectivity index (χ1n) is 5.60. The van der Waals surface area contributed by atoms with Gasteiger partial charge in [0.25, 0.3) is 0 Å². The van der Waals surface area contributed by atoms with Gasteiger partial charge in [-0.1, -0.05) is 13.8 Å². The molecule has 1 fully saturated rings. The minimum atomic E-state index is 0.316. The maximum atomic E-state index is 11.8. The summed E-state index contributed by atoms with van der Waals surface area (Å²) >= 11 is 0. The molecule has 1 N–H and O–H groups in total. The molecule has 3 heteroatoms. The smallest absolute Gasteiger partial charge is 0.222 e. The van der Waals surface area contributed by atoms with Gasteiger partial charge in [-0.2, -0.15) is 0 Å². The molecule has 0 radical (unpaired) electrons. The second kappa shape index (κ2) is 5.35. The summed E-state index contributed by atoms with van der Waals surface area (Å²) in [6.45, 7) is 9.09. The van der Waals surface area contributed by atoms with E-state index in [1.165, 1.54) is 0 Å². The van der Waals surface area contributed by atoms with Crippen molar-refractivity contribution in [2.24, 2.45) is 5.92 Å². The highest BCUT2D eigenvalue weighted by atomic mass is 16.2. The van der Waals surface area contributed by atoms with Crippen LogP contribution in [0.2, 0.25) is 0 Å². The Morgan fingerprint density at radius 3 is 2.86 bits per heavy atom. The molecule has 3 nitrogen and oxygen atoms in total. The van der Waals surface area contributed by atoms with E-state index in [1.807, 2.05) is 4.90 Å². The Bertz CT molecular complexity index is 192. The van der Waals surface area contributed by atoms with Crippen LogP contribution in [0.15, 0.2) is 0 Å². The molecule has 82 valence electrons. The summed E-state index contributed by atoms with van der Waals surface area (Å²) in [4.78, 5) is 13.8. The van der Waals surface area contributed by atoms with Crippen molar-refractivity contribution in [3.05, 3.63) is 0 Å². The number of nitrogens with zero attached hydrogens (tertiary/aromatic N) is 1. The van der Waals surface area contributed by atoms with Gasteiger partial charge in [0.15, 0.2) is 0 Å². The van der Waals surface area contributed by atoms with Gasteiger partial charge in [0.2, 0.25) is 5.91 Å². The summed E-state index contributed by atoms with van der Waals surface area (Å²) in [6.07, 6.45) is 1.76. The standard InChI is InChI=1S/C11H22N2O/c1-9(2)8-11(14)13-6-4-10(3)12-5-7-13/h9-10,12H,4-8H2,1-3H3. The number of carbonyl (C=O) groups excluding carboxylic acids is 1. The van der Waals surface area contributed by atoms with Crippen LogP contribution in [0.4, 0.5) is 0 Å². The molecule has 0 spiro atoms. The van der Waals surface area contributed by atoms with Gasteiger partial charge in [-0.05, 0) is 19.3 Å². The lowest BCUT2D eigenvalue weighted by molar-refractivity contribution is -0.131. The van der Waals surface area contributed by atoms with Crippen LogP contribution in [0.3, 0.4) is 0 Å². The van der Waals surface area contributed by atoms with Gasteiger partial charge in [0.1, 0.15) is 0 Å². The monoisotopic (exact) mass is 198 g/mol. The van der Waals surface area contributed by atoms with E-state index in [0.717, 1.165) is 26.1 Å². The molecule has 14 heavy (non-hydrogen) atoms. The van der Waals surface area contributed by atoms with Gasteiger partial charge in [0.05, 0.1) is 0 Å². The molecule has 0 bridgehead atoms. The summed E-state index contributed by atoms with van der Waals surface area (Å²) in [7, 11) is 0. The maximum absolute atomic E-state index is 11.8. The Labute approximate surface area is 86.9 Å². The van der Waals surface area contributed by atoms with Crippen molar-refractivity contribution < 1.29 is 4.79 Å². The lowest BCUT2D eigenvalue weighted by Crippen LogP contribution is -2.34. The molecule has 1 rings (SSSR count). The fraction of sp³-hybridized carbons (Fsp3) is 0.909. The van der Waals surface area contributed by atoms with E-state index >= 15 is 0 Å². The Morgan fingerprint density at radius 2 is 2.21 bits per heavy atom. The molecular formula is C11H22N2O. The van der Waals surface area contributed by atoms with Crippen molar-refractivity contribution in [3.8, 4) is 0 Å². The van der Waals surface area contributed by atoms with Crippen molar-refractivity contribution in [2.75, 3.05) is 19.6 Å². The highest BCUT2D eigenvalue weighted by Gasteiger charge is 2.18. The molecule has 1 unspecified atom stereocenters. The number of rotatable bonds is 2. The van der Waals surface area contributed by atoms with Crippen LogP contribution in [0, 0.1) is 5.92 Å². The summed E-state index contributed by atoms with van der Waals surface area (Å²) in [5.41, 5.74) is 0. The zero-order chi connectivity index (χ0) is 10.6. The van der Waals surface area contributed by atoms with Crippen molar-refractivity contribution >= 4 is 5.91 Å². The minimum absolute atomic E-state index is 0.316. The first kappa shape index (κ1) is 11.5. The van der Waals surface area contributed by atoms with Crippen molar-refractivity contribution in [3.63, 3.8) is 0 Å². The van der Waals surface area contributed by atoms with E-state index in [-0.39, 0.29) is 0 Å². The van der Waals surface area contributed by atoms with E-state index in [9.17, 15) is 4.79 Å². The third-order valence-electron chi connectivity index (χ3n) is 2.64. The van der Waals surface area contributed by atoms with Crippen LogP contribution < -0.4 is 5.32 Å². The van der Waals surface area contributed by atoms with E-state index in [1.54, 1.807) is 0 Å². The summed E-state index contributed by atoms with van der Waals surface area (Å²) < 4.78 is 0. The molecule has 0 aromatic heterocycles. The van der Waals surface area contributed by atoms with E-state index < -0.39 is 0 Å². The summed E-state index contributed by atoms with van der Waals surface area (Å²) in [5.74, 6) is 0.784. The molecular weight excluding hydrogens is 176 g/mol. The highest BCUT2D eigenvalue weighted by molar-refractivity contribution is 5.76. The molecule has 0 aromatic rings. The van der Waals surface area contributed by atoms with E-state index in [2.05, 4.69) is 26.1 Å². The molecule has 1 saturated heterocycles. The van der Waals surface area contributed by atoms with Gasteiger partial charge >= 0.3 is 0 Å². The molecule has 1 aliphatic heterocycles. The van der Waals surface area contributed by atoms with Gasteiger partial charge in [-0.3, -0.25) is 4.79 Å². The fourth-order valence-corrected chi connectivity index (χ4v) is 1.74. The normalized spacial score (nSPS) is 23.7. The predicted octanol–water partition coefficient (Wildman–Crippen LogP) is 1.24. The van der Waals surface area contributed by atoms with Crippen molar-refractivity contribution in [1.82, 2.24) is 10.2 Å². The average molecular weight is 198 g/mol. The average Bonchev–Trinajstić information content (AvgIpc) is 2.28. The first-order valence-corrected chi connectivity index (χ1v) is 5.60. The SMILES string of the molecule is CC(C)CC(=O)N1CCNC(C)CC1. The Hall–Kier alpha value is -0.570. The summed E-state index contributed by atoms with van der Waals surface area (Å²) in [6, 6.07) is 0.548. The zero-order valence-corrected chi connectivity index (χ0v) is 9.55. The molecule has 1 atom stereocenters. The molecule has 0 saturated carbocycles. The number of nitrogens with one attached hydrogen (secondary N) is 1. The second-order valence-corrected chi connectivity index (χ2v) is 4.62. The third kappa shape index (κ3) is 3.66. The molecule has 0 aliphatic carbocycles. The van der Waals surface area contributed by atoms with Gasteiger partial charge < -0.3 is 10.2 Å². The van der Waals surface area contributed by atoms with Crippen LogP contribution in [-0.4, -0.2) is 36.5 Å². The molecule has 1 heterocycles. The number of amides is 1. The predicted molar refractivity (Wildman–Crippen MR) is 58.1 cm³/mol. The van der Waals surface area contributed by atoms with Crippen LogP contribution in [-0.2, 0) is 4.79 Å². The Balaban J connectivity index is 2.39. The molecule has 1 aliphatic rings. The van der Waals surface area contributed by atoms with Gasteiger partial charge in [-0.25, -0.2) is 0 Å². The van der Waals surface area contributed by atoms with Gasteiger partial charge in [0, 0.05) is 32.1 Å². The maximum Gasteiger partial charge on any atom is 0.222 e. The fourth-order valence-electron chi connectivity index (χ4n) is 1.74. The molecule has 0 aromatic carbocycles.